The van der Waals surface area contributed by atoms with Crippen LogP contribution >= 0.6 is 0 Å². The molecule has 21 heavy (non-hydrogen) atoms. The summed E-state index contributed by atoms with van der Waals surface area (Å²) in [4.78, 5) is 2.16. The minimum atomic E-state index is -4.06. The lowest BCUT2D eigenvalue weighted by molar-refractivity contribution is -0.136. The third-order valence-corrected chi connectivity index (χ3v) is 4.25. The van der Waals surface area contributed by atoms with Crippen molar-refractivity contribution in [3.8, 4) is 0 Å². The summed E-state index contributed by atoms with van der Waals surface area (Å²) in [7, 11) is 0. The smallest absolute Gasteiger partial charge is 0.305 e. The monoisotopic (exact) mass is 300 g/mol. The van der Waals surface area contributed by atoms with Gasteiger partial charge in [-0.15, -0.1) is 0 Å². The fraction of sp³-hybridized carbons (Fsp3) is 0.625. The SMILES string of the molecule is CC1CNC(C)(c2ccccc2)CN1CCCC(F)(F)F. The summed E-state index contributed by atoms with van der Waals surface area (Å²) in [5.41, 5.74) is 0.976. The van der Waals surface area contributed by atoms with Crippen molar-refractivity contribution in [3.05, 3.63) is 35.9 Å². The zero-order chi connectivity index (χ0) is 15.5. The number of nitrogens with zero attached hydrogens (tertiary/aromatic N) is 1. The van der Waals surface area contributed by atoms with Crippen LogP contribution in [0.15, 0.2) is 30.3 Å². The molecule has 1 N–H and O–H groups in total. The van der Waals surface area contributed by atoms with Crippen molar-refractivity contribution in [1.29, 1.82) is 0 Å². The Balaban J connectivity index is 1.99. The molecule has 0 aliphatic carbocycles. The van der Waals surface area contributed by atoms with Crippen LogP contribution in [0.1, 0.15) is 32.3 Å². The lowest BCUT2D eigenvalue weighted by Gasteiger charge is -2.45. The summed E-state index contributed by atoms with van der Waals surface area (Å²) in [5.74, 6) is 0. The second kappa shape index (κ2) is 6.36. The second-order valence-electron chi connectivity index (χ2n) is 6.12. The third-order valence-electron chi connectivity index (χ3n) is 4.25. The van der Waals surface area contributed by atoms with Crippen molar-refractivity contribution in [2.75, 3.05) is 19.6 Å². The average molecular weight is 300 g/mol. The van der Waals surface area contributed by atoms with Gasteiger partial charge >= 0.3 is 6.18 Å². The van der Waals surface area contributed by atoms with Gasteiger partial charge in [0.1, 0.15) is 0 Å². The van der Waals surface area contributed by atoms with Crippen molar-refractivity contribution in [3.63, 3.8) is 0 Å². The molecule has 2 unspecified atom stereocenters. The first-order chi connectivity index (χ1) is 9.80. The normalized spacial score (nSPS) is 27.8. The molecule has 1 aliphatic rings. The standard InChI is InChI=1S/C16H23F3N2/c1-13-11-20-15(2,14-7-4-3-5-8-14)12-21(13)10-6-9-16(17,18)19/h3-5,7-8,13,20H,6,9-12H2,1-2H3. The molecule has 1 saturated heterocycles. The predicted molar refractivity (Wildman–Crippen MR) is 78.1 cm³/mol. The summed E-state index contributed by atoms with van der Waals surface area (Å²) in [6, 6.07) is 10.4. The van der Waals surface area contributed by atoms with E-state index in [4.69, 9.17) is 0 Å². The van der Waals surface area contributed by atoms with Crippen LogP contribution in [0.2, 0.25) is 0 Å². The van der Waals surface area contributed by atoms with Crippen LogP contribution in [0.25, 0.3) is 0 Å². The molecule has 118 valence electrons. The van der Waals surface area contributed by atoms with Crippen LogP contribution in [0.3, 0.4) is 0 Å². The molecule has 0 saturated carbocycles. The maximum Gasteiger partial charge on any atom is 0.389 e. The summed E-state index contributed by atoms with van der Waals surface area (Å²) in [6.07, 6.45) is -4.59. The van der Waals surface area contributed by atoms with E-state index in [2.05, 4.69) is 36.2 Å². The van der Waals surface area contributed by atoms with Gasteiger partial charge in [-0.05, 0) is 32.4 Å². The number of halogens is 3. The van der Waals surface area contributed by atoms with Crippen LogP contribution in [0.5, 0.6) is 0 Å². The Labute approximate surface area is 124 Å². The largest absolute Gasteiger partial charge is 0.389 e. The van der Waals surface area contributed by atoms with E-state index in [1.165, 1.54) is 5.56 Å². The number of hydrogen-bond acceptors (Lipinski definition) is 2. The third kappa shape index (κ3) is 4.45. The first-order valence-corrected chi connectivity index (χ1v) is 7.41. The van der Waals surface area contributed by atoms with Crippen molar-refractivity contribution in [2.24, 2.45) is 0 Å². The molecule has 0 radical (unpaired) electrons. The van der Waals surface area contributed by atoms with Crippen molar-refractivity contribution in [2.45, 2.75) is 44.4 Å². The molecule has 1 aromatic rings. The van der Waals surface area contributed by atoms with E-state index < -0.39 is 12.6 Å². The Kier molecular flexibility index (Phi) is 4.94. The van der Waals surface area contributed by atoms with E-state index in [0.29, 0.717) is 6.54 Å². The highest BCUT2D eigenvalue weighted by molar-refractivity contribution is 5.25. The van der Waals surface area contributed by atoms with Gasteiger partial charge in [0.15, 0.2) is 0 Å². The van der Waals surface area contributed by atoms with Gasteiger partial charge in [0.2, 0.25) is 0 Å². The quantitative estimate of drug-likeness (QED) is 0.915. The molecule has 1 aliphatic heterocycles. The molecule has 1 heterocycles. The van der Waals surface area contributed by atoms with Gasteiger partial charge < -0.3 is 5.32 Å². The number of benzene rings is 1. The minimum Gasteiger partial charge on any atom is -0.305 e. The van der Waals surface area contributed by atoms with Crippen LogP contribution in [0.4, 0.5) is 13.2 Å². The average Bonchev–Trinajstić information content (AvgIpc) is 2.43. The number of alkyl halides is 3. The Bertz CT molecular complexity index is 447. The summed E-state index contributed by atoms with van der Waals surface area (Å²) in [5, 5.41) is 3.53. The Morgan fingerprint density at radius 3 is 2.57 bits per heavy atom. The highest BCUT2D eigenvalue weighted by Gasteiger charge is 2.35. The van der Waals surface area contributed by atoms with Crippen LogP contribution in [-0.2, 0) is 5.54 Å². The lowest BCUT2D eigenvalue weighted by atomic mass is 9.88. The van der Waals surface area contributed by atoms with E-state index in [1.54, 1.807) is 0 Å². The van der Waals surface area contributed by atoms with Gasteiger partial charge in [0.25, 0.3) is 0 Å². The molecule has 2 atom stereocenters. The molecule has 1 fully saturated rings. The van der Waals surface area contributed by atoms with Gasteiger partial charge in [-0.1, -0.05) is 30.3 Å². The molecular formula is C16H23F3N2. The number of nitrogens with one attached hydrogen (secondary N) is 1. The summed E-state index contributed by atoms with van der Waals surface area (Å²) < 4.78 is 36.9. The number of rotatable bonds is 4. The number of piperazine rings is 1. The zero-order valence-corrected chi connectivity index (χ0v) is 12.6. The molecule has 1 aromatic carbocycles. The van der Waals surface area contributed by atoms with Crippen molar-refractivity contribution < 1.29 is 13.2 Å². The summed E-state index contributed by atoms with van der Waals surface area (Å²) >= 11 is 0. The van der Waals surface area contributed by atoms with E-state index in [9.17, 15) is 13.2 Å². The van der Waals surface area contributed by atoms with E-state index >= 15 is 0 Å². The van der Waals surface area contributed by atoms with E-state index in [-0.39, 0.29) is 18.0 Å². The Morgan fingerprint density at radius 2 is 1.95 bits per heavy atom. The van der Waals surface area contributed by atoms with E-state index in [1.807, 2.05) is 18.2 Å². The van der Waals surface area contributed by atoms with Crippen LogP contribution in [-0.4, -0.2) is 36.8 Å². The number of hydrogen-bond donors (Lipinski definition) is 1. The first kappa shape index (κ1) is 16.3. The Hall–Kier alpha value is -1.07. The van der Waals surface area contributed by atoms with Gasteiger partial charge in [0.05, 0.1) is 5.54 Å². The lowest BCUT2D eigenvalue weighted by Crippen LogP contribution is -2.60. The van der Waals surface area contributed by atoms with Crippen molar-refractivity contribution in [1.82, 2.24) is 10.2 Å². The molecule has 2 nitrogen and oxygen atoms in total. The fourth-order valence-corrected chi connectivity index (χ4v) is 2.90. The van der Waals surface area contributed by atoms with Gasteiger partial charge in [-0.2, -0.15) is 13.2 Å². The molecule has 0 amide bonds. The second-order valence-corrected chi connectivity index (χ2v) is 6.12. The Morgan fingerprint density at radius 1 is 1.29 bits per heavy atom. The van der Waals surface area contributed by atoms with Crippen LogP contribution in [0, 0.1) is 0 Å². The van der Waals surface area contributed by atoms with Gasteiger partial charge in [-0.3, -0.25) is 4.90 Å². The molecule has 0 bridgehead atoms. The zero-order valence-electron chi connectivity index (χ0n) is 12.6. The maximum absolute atomic E-state index is 12.3. The summed E-state index contributed by atoms with van der Waals surface area (Å²) in [6.45, 7) is 6.19. The van der Waals surface area contributed by atoms with E-state index in [0.717, 1.165) is 13.1 Å². The van der Waals surface area contributed by atoms with Gasteiger partial charge in [0, 0.05) is 25.6 Å². The minimum absolute atomic E-state index is 0.165. The predicted octanol–water partition coefficient (Wildman–Crippen LogP) is 3.54. The molecule has 0 spiro atoms. The molecule has 2 rings (SSSR count). The van der Waals surface area contributed by atoms with Crippen molar-refractivity contribution >= 4 is 0 Å². The maximum atomic E-state index is 12.3. The molecule has 0 aromatic heterocycles. The molecular weight excluding hydrogens is 277 g/mol. The highest BCUT2D eigenvalue weighted by Crippen LogP contribution is 2.27. The highest BCUT2D eigenvalue weighted by atomic mass is 19.4. The van der Waals surface area contributed by atoms with Crippen LogP contribution < -0.4 is 5.32 Å². The molecule has 5 heteroatoms. The van der Waals surface area contributed by atoms with Gasteiger partial charge in [-0.25, -0.2) is 0 Å². The fourth-order valence-electron chi connectivity index (χ4n) is 2.90. The topological polar surface area (TPSA) is 15.3 Å². The first-order valence-electron chi connectivity index (χ1n) is 7.41.